The number of ketones is 1. The molecule has 2 aromatic carbocycles. The third kappa shape index (κ3) is 4.57. The van der Waals surface area contributed by atoms with Gasteiger partial charge >= 0.3 is 0 Å². The molecule has 0 spiro atoms. The van der Waals surface area contributed by atoms with Crippen molar-refractivity contribution in [2.75, 3.05) is 47.9 Å². The number of rotatable bonds is 8. The van der Waals surface area contributed by atoms with Crippen LogP contribution in [0.1, 0.15) is 21.5 Å². The first kappa shape index (κ1) is 25.9. The van der Waals surface area contributed by atoms with Crippen LogP contribution in [0, 0.1) is 6.92 Å². The van der Waals surface area contributed by atoms with E-state index in [-0.39, 0.29) is 30.6 Å². The number of hydrogen-bond donors (Lipinski definition) is 1. The Bertz CT molecular complexity index is 1130. The summed E-state index contributed by atoms with van der Waals surface area (Å²) in [4.78, 5) is 15.5. The van der Waals surface area contributed by atoms with E-state index in [0.717, 1.165) is 53.9 Å². The van der Waals surface area contributed by atoms with Gasteiger partial charge in [0.1, 0.15) is 17.2 Å². The maximum atomic E-state index is 13.4. The summed E-state index contributed by atoms with van der Waals surface area (Å²) in [6.45, 7) is 5.42. The van der Waals surface area contributed by atoms with Crippen LogP contribution >= 0.6 is 24.8 Å². The van der Waals surface area contributed by atoms with Crippen molar-refractivity contribution in [1.29, 1.82) is 0 Å². The largest absolute Gasteiger partial charge is 0.497 e. The lowest BCUT2D eigenvalue weighted by atomic mass is 9.86. The number of nitrogens with one attached hydrogen (secondary N) is 1. The highest BCUT2D eigenvalue weighted by Gasteiger charge is 2.32. The zero-order valence-corrected chi connectivity index (χ0v) is 20.7. The molecule has 0 unspecified atom stereocenters. The van der Waals surface area contributed by atoms with Crippen LogP contribution in [-0.2, 0) is 6.54 Å². The number of carbonyl (C=O) groups is 1. The van der Waals surface area contributed by atoms with Crippen LogP contribution in [0.3, 0.4) is 0 Å². The molecular formula is C23H30Cl2N4O3. The topological polar surface area (TPSA) is 68.6 Å². The number of carbonyl (C=O) groups excluding carboxylic acids is 1. The van der Waals surface area contributed by atoms with Crippen molar-refractivity contribution < 1.29 is 14.3 Å². The molecule has 174 valence electrons. The predicted octanol–water partition coefficient (Wildman–Crippen LogP) is 3.57. The molecule has 1 aliphatic carbocycles. The first-order valence-electron chi connectivity index (χ1n) is 10.1. The highest BCUT2D eigenvalue weighted by atomic mass is 35.5. The number of fused-ring (bicyclic) bond motifs is 2. The summed E-state index contributed by atoms with van der Waals surface area (Å²) >= 11 is 0. The maximum Gasteiger partial charge on any atom is 0.194 e. The lowest BCUT2D eigenvalue weighted by Gasteiger charge is -2.19. The molecule has 9 heteroatoms. The summed E-state index contributed by atoms with van der Waals surface area (Å²) in [5, 5.41) is 9.28. The van der Waals surface area contributed by atoms with Crippen molar-refractivity contribution in [2.45, 2.75) is 13.5 Å². The minimum absolute atomic E-state index is 0. The smallest absolute Gasteiger partial charge is 0.194 e. The summed E-state index contributed by atoms with van der Waals surface area (Å²) < 4.78 is 13.0. The SMILES string of the molecule is COc1cc(OC)c2c(c1)C(=O)c1cc(C)cc3c1c-2nn3CCNCCN(C)C.Cl.Cl. The second-order valence-corrected chi connectivity index (χ2v) is 7.91. The molecule has 0 amide bonds. The average molecular weight is 481 g/mol. The van der Waals surface area contributed by atoms with Crippen LogP contribution in [0.15, 0.2) is 24.3 Å². The first-order chi connectivity index (χ1) is 14.4. The molecule has 0 saturated carbocycles. The molecule has 1 heterocycles. The number of likely N-dealkylation sites (N-methyl/N-ethyl adjacent to an activating group) is 1. The molecule has 0 atom stereocenters. The molecular weight excluding hydrogens is 451 g/mol. The van der Waals surface area contributed by atoms with Crippen molar-refractivity contribution >= 4 is 41.5 Å². The Morgan fingerprint density at radius 3 is 2.44 bits per heavy atom. The molecule has 7 nitrogen and oxygen atoms in total. The minimum Gasteiger partial charge on any atom is -0.497 e. The Kier molecular flexibility index (Phi) is 8.54. The van der Waals surface area contributed by atoms with E-state index in [1.54, 1.807) is 26.4 Å². The Hall–Kier alpha value is -2.32. The van der Waals surface area contributed by atoms with Crippen molar-refractivity contribution in [3.8, 4) is 22.8 Å². The van der Waals surface area contributed by atoms with Gasteiger partial charge in [0.15, 0.2) is 5.78 Å². The second kappa shape index (κ2) is 10.5. The fourth-order valence-corrected chi connectivity index (χ4v) is 4.02. The van der Waals surface area contributed by atoms with E-state index in [1.165, 1.54) is 0 Å². The van der Waals surface area contributed by atoms with Crippen LogP contribution in [0.4, 0.5) is 0 Å². The van der Waals surface area contributed by atoms with Crippen molar-refractivity contribution in [2.24, 2.45) is 0 Å². The van der Waals surface area contributed by atoms with Gasteiger partial charge in [-0.2, -0.15) is 5.10 Å². The Morgan fingerprint density at radius 2 is 1.78 bits per heavy atom. The van der Waals surface area contributed by atoms with Gasteiger partial charge in [-0.1, -0.05) is 0 Å². The predicted molar refractivity (Wildman–Crippen MR) is 132 cm³/mol. The van der Waals surface area contributed by atoms with E-state index in [1.807, 2.05) is 17.7 Å². The quantitative estimate of drug-likeness (QED) is 0.388. The summed E-state index contributed by atoms with van der Waals surface area (Å²) in [6.07, 6.45) is 0. The number of ether oxygens (including phenoxy) is 2. The molecule has 1 aromatic heterocycles. The number of halogens is 2. The summed E-state index contributed by atoms with van der Waals surface area (Å²) in [5.41, 5.74) is 4.81. The lowest BCUT2D eigenvalue weighted by Crippen LogP contribution is -2.29. The molecule has 3 aromatic rings. The summed E-state index contributed by atoms with van der Waals surface area (Å²) in [5.74, 6) is 1.17. The van der Waals surface area contributed by atoms with Gasteiger partial charge in [-0.15, -0.1) is 24.8 Å². The monoisotopic (exact) mass is 480 g/mol. The standard InChI is InChI=1S/C23H28N4O3.2ClH/c1-14-10-16-20-18(11-14)27(9-7-24-6-8-26(2)3)25-22(20)21-17(23(16)28)12-15(29-4)13-19(21)30-5;;/h10-13,24H,6-9H2,1-5H3;2*1H. The fourth-order valence-electron chi connectivity index (χ4n) is 4.02. The first-order valence-corrected chi connectivity index (χ1v) is 10.1. The molecule has 0 aliphatic heterocycles. The molecule has 0 radical (unpaired) electrons. The zero-order chi connectivity index (χ0) is 21.4. The minimum atomic E-state index is -0.0212. The number of hydrogen-bond acceptors (Lipinski definition) is 6. The molecule has 1 aliphatic rings. The van der Waals surface area contributed by atoms with Gasteiger partial charge < -0.3 is 19.7 Å². The van der Waals surface area contributed by atoms with Gasteiger partial charge in [0.25, 0.3) is 0 Å². The number of aromatic nitrogens is 2. The molecule has 0 saturated heterocycles. The van der Waals surface area contributed by atoms with E-state index in [2.05, 4.69) is 30.4 Å². The van der Waals surface area contributed by atoms with Gasteiger partial charge in [0.05, 0.1) is 31.8 Å². The Labute approximate surface area is 200 Å². The number of aryl methyl sites for hydroxylation is 1. The maximum absolute atomic E-state index is 13.4. The van der Waals surface area contributed by atoms with Gasteiger partial charge in [-0.05, 0) is 44.8 Å². The van der Waals surface area contributed by atoms with Crippen molar-refractivity contribution in [3.63, 3.8) is 0 Å². The normalized spacial score (nSPS) is 11.8. The highest BCUT2D eigenvalue weighted by molar-refractivity contribution is 6.26. The van der Waals surface area contributed by atoms with Gasteiger partial charge in [-0.25, -0.2) is 0 Å². The Balaban J connectivity index is 0.00000181. The number of methoxy groups -OCH3 is 2. The van der Waals surface area contributed by atoms with Gasteiger partial charge in [-0.3, -0.25) is 9.48 Å². The van der Waals surface area contributed by atoms with Crippen molar-refractivity contribution in [3.05, 3.63) is 41.0 Å². The van der Waals surface area contributed by atoms with Gasteiger partial charge in [0.2, 0.25) is 0 Å². The summed E-state index contributed by atoms with van der Waals surface area (Å²) in [6, 6.07) is 7.63. The molecule has 32 heavy (non-hydrogen) atoms. The second-order valence-electron chi connectivity index (χ2n) is 7.91. The number of nitrogens with zero attached hydrogens (tertiary/aromatic N) is 3. The third-order valence-electron chi connectivity index (χ3n) is 5.49. The van der Waals surface area contributed by atoms with Gasteiger partial charge in [0, 0.05) is 42.2 Å². The summed E-state index contributed by atoms with van der Waals surface area (Å²) in [7, 11) is 7.31. The fraction of sp³-hybridized carbons (Fsp3) is 0.391. The van der Waals surface area contributed by atoms with E-state index in [9.17, 15) is 4.79 Å². The highest BCUT2D eigenvalue weighted by Crippen LogP contribution is 2.45. The zero-order valence-electron chi connectivity index (χ0n) is 19.0. The molecule has 1 N–H and O–H groups in total. The van der Waals surface area contributed by atoms with Crippen LogP contribution in [0.25, 0.3) is 22.2 Å². The lowest BCUT2D eigenvalue weighted by molar-refractivity contribution is 0.103. The van der Waals surface area contributed by atoms with Crippen molar-refractivity contribution in [1.82, 2.24) is 20.0 Å². The molecule has 0 fully saturated rings. The van der Waals surface area contributed by atoms with E-state index in [0.29, 0.717) is 22.6 Å². The van der Waals surface area contributed by atoms with Crippen LogP contribution in [0.2, 0.25) is 0 Å². The van der Waals surface area contributed by atoms with E-state index >= 15 is 0 Å². The van der Waals surface area contributed by atoms with Crippen LogP contribution in [0.5, 0.6) is 11.5 Å². The average Bonchev–Trinajstić information content (AvgIpc) is 3.08. The molecule has 4 rings (SSSR count). The number of benzene rings is 2. The Morgan fingerprint density at radius 1 is 1.03 bits per heavy atom. The van der Waals surface area contributed by atoms with E-state index < -0.39 is 0 Å². The van der Waals surface area contributed by atoms with Crippen LogP contribution < -0.4 is 14.8 Å². The third-order valence-corrected chi connectivity index (χ3v) is 5.49. The van der Waals surface area contributed by atoms with E-state index in [4.69, 9.17) is 14.6 Å². The molecule has 0 bridgehead atoms. The van der Waals surface area contributed by atoms with Crippen LogP contribution in [-0.4, -0.2) is 68.4 Å².